The Morgan fingerprint density at radius 3 is 2.33 bits per heavy atom. The van der Waals surface area contributed by atoms with E-state index >= 15 is 0 Å². The van der Waals surface area contributed by atoms with Gasteiger partial charge in [-0.15, -0.1) is 0 Å². The molecule has 0 aliphatic carbocycles. The van der Waals surface area contributed by atoms with Crippen LogP contribution in [0.4, 0.5) is 0 Å². The molecule has 0 spiro atoms. The minimum atomic E-state index is 0.0877. The maximum atomic E-state index is 6.06. The van der Waals surface area contributed by atoms with E-state index in [0.717, 1.165) is 50.9 Å². The lowest BCUT2D eigenvalue weighted by Gasteiger charge is -2.28. The molecule has 1 fully saturated rings. The lowest BCUT2D eigenvalue weighted by Crippen LogP contribution is -2.38. The Morgan fingerprint density at radius 1 is 1.08 bits per heavy atom. The van der Waals surface area contributed by atoms with Gasteiger partial charge in [-0.2, -0.15) is 0 Å². The van der Waals surface area contributed by atoms with Gasteiger partial charge in [-0.3, -0.25) is 4.90 Å². The van der Waals surface area contributed by atoms with Crippen molar-refractivity contribution in [2.24, 2.45) is 5.41 Å². The number of ether oxygens (including phenoxy) is 3. The summed E-state index contributed by atoms with van der Waals surface area (Å²) in [4.78, 5) is 4.56. The minimum Gasteiger partial charge on any atom is -0.489 e. The summed E-state index contributed by atoms with van der Waals surface area (Å²) >= 11 is 0. The van der Waals surface area contributed by atoms with Gasteiger partial charge in [-0.25, -0.2) is 0 Å². The fourth-order valence-corrected chi connectivity index (χ4v) is 2.97. The van der Waals surface area contributed by atoms with E-state index in [1.165, 1.54) is 0 Å². The van der Waals surface area contributed by atoms with Gasteiger partial charge in [0.2, 0.25) is 0 Å². The van der Waals surface area contributed by atoms with Crippen molar-refractivity contribution in [1.29, 1.82) is 0 Å². The number of nitrogens with zero attached hydrogens (tertiary/aromatic N) is 2. The molecule has 0 N–H and O–H groups in total. The molecule has 0 unspecified atom stereocenters. The Kier molecular flexibility index (Phi) is 7.34. The highest BCUT2D eigenvalue weighted by molar-refractivity contribution is 5.39. The smallest absolute Gasteiger partial charge is 0.161 e. The molecule has 0 atom stereocenters. The summed E-state index contributed by atoms with van der Waals surface area (Å²) in [6, 6.07) is 7.94. The van der Waals surface area contributed by atoms with Gasteiger partial charge in [0, 0.05) is 31.6 Å². The molecule has 0 radical (unpaired) electrons. The second-order valence-corrected chi connectivity index (χ2v) is 7.44. The highest BCUT2D eigenvalue weighted by atomic mass is 16.5. The number of para-hydroxylation sites is 2. The van der Waals surface area contributed by atoms with Gasteiger partial charge in [0.25, 0.3) is 0 Å². The van der Waals surface area contributed by atoms with E-state index in [1.807, 2.05) is 24.3 Å². The van der Waals surface area contributed by atoms with Crippen LogP contribution >= 0.6 is 0 Å². The van der Waals surface area contributed by atoms with Crippen LogP contribution in [0.1, 0.15) is 13.8 Å². The third-order valence-corrected chi connectivity index (χ3v) is 3.98. The largest absolute Gasteiger partial charge is 0.489 e. The summed E-state index contributed by atoms with van der Waals surface area (Å²) in [7, 11) is 4.18. The van der Waals surface area contributed by atoms with E-state index in [2.05, 4.69) is 37.7 Å². The van der Waals surface area contributed by atoms with Crippen LogP contribution in [-0.4, -0.2) is 76.5 Å². The van der Waals surface area contributed by atoms with Crippen molar-refractivity contribution >= 4 is 0 Å². The van der Waals surface area contributed by atoms with Crippen LogP contribution in [0, 0.1) is 5.41 Å². The molecule has 136 valence electrons. The molecule has 24 heavy (non-hydrogen) atoms. The van der Waals surface area contributed by atoms with Crippen LogP contribution in [0.15, 0.2) is 24.3 Å². The standard InChI is InChI=1S/C19H32N2O3/c1-19(2,15-20(3)4)16-24-18-8-6-5-7-17(18)23-14-11-21-9-12-22-13-10-21/h5-8H,9-16H2,1-4H3. The average molecular weight is 336 g/mol. The lowest BCUT2D eigenvalue weighted by atomic mass is 9.94. The quantitative estimate of drug-likeness (QED) is 0.692. The van der Waals surface area contributed by atoms with Gasteiger partial charge >= 0.3 is 0 Å². The Morgan fingerprint density at radius 2 is 1.71 bits per heavy atom. The van der Waals surface area contributed by atoms with Crippen LogP contribution in [0.5, 0.6) is 11.5 Å². The van der Waals surface area contributed by atoms with Crippen molar-refractivity contribution in [1.82, 2.24) is 9.80 Å². The first-order valence-electron chi connectivity index (χ1n) is 8.76. The van der Waals surface area contributed by atoms with Gasteiger partial charge in [-0.1, -0.05) is 26.0 Å². The third-order valence-electron chi connectivity index (χ3n) is 3.98. The van der Waals surface area contributed by atoms with Gasteiger partial charge in [0.05, 0.1) is 19.8 Å². The molecule has 1 aliphatic rings. The van der Waals surface area contributed by atoms with E-state index in [9.17, 15) is 0 Å². The topological polar surface area (TPSA) is 34.2 Å². The molecule has 0 saturated carbocycles. The molecule has 1 aliphatic heterocycles. The molecule has 5 heteroatoms. The molecule has 2 rings (SSSR count). The monoisotopic (exact) mass is 336 g/mol. The van der Waals surface area contributed by atoms with Gasteiger partial charge in [0.1, 0.15) is 6.61 Å². The molecule has 1 aromatic carbocycles. The summed E-state index contributed by atoms with van der Waals surface area (Å²) < 4.78 is 17.4. The van der Waals surface area contributed by atoms with E-state index < -0.39 is 0 Å². The average Bonchev–Trinajstić information content (AvgIpc) is 2.54. The fraction of sp³-hybridized carbons (Fsp3) is 0.684. The normalized spacial score (nSPS) is 16.4. The summed E-state index contributed by atoms with van der Waals surface area (Å²) in [6.45, 7) is 11.3. The second-order valence-electron chi connectivity index (χ2n) is 7.44. The summed E-state index contributed by atoms with van der Waals surface area (Å²) in [5.41, 5.74) is 0.0877. The summed E-state index contributed by atoms with van der Waals surface area (Å²) in [6.07, 6.45) is 0. The summed E-state index contributed by atoms with van der Waals surface area (Å²) in [5.74, 6) is 1.65. The first-order chi connectivity index (χ1) is 11.5. The van der Waals surface area contributed by atoms with Gasteiger partial charge in [-0.05, 0) is 26.2 Å². The van der Waals surface area contributed by atoms with E-state index in [-0.39, 0.29) is 5.41 Å². The molecule has 1 saturated heterocycles. The highest BCUT2D eigenvalue weighted by Gasteiger charge is 2.20. The molecular formula is C19H32N2O3. The zero-order chi connectivity index (χ0) is 17.4. The molecule has 1 heterocycles. The first kappa shape index (κ1) is 19.0. The van der Waals surface area contributed by atoms with Crippen molar-refractivity contribution in [3.63, 3.8) is 0 Å². The van der Waals surface area contributed by atoms with Crippen LogP contribution in [0.3, 0.4) is 0 Å². The SMILES string of the molecule is CN(C)CC(C)(C)COc1ccccc1OCCN1CCOCC1. The molecule has 1 aromatic rings. The van der Waals surface area contributed by atoms with Gasteiger partial charge < -0.3 is 19.1 Å². The lowest BCUT2D eigenvalue weighted by molar-refractivity contribution is 0.0319. The Hall–Kier alpha value is -1.30. The van der Waals surface area contributed by atoms with Crippen molar-refractivity contribution in [2.75, 3.05) is 66.7 Å². The predicted molar refractivity (Wildman–Crippen MR) is 97.0 cm³/mol. The third kappa shape index (κ3) is 6.67. The highest BCUT2D eigenvalue weighted by Crippen LogP contribution is 2.28. The number of hydrogen-bond donors (Lipinski definition) is 0. The molecule has 0 amide bonds. The number of morpholine rings is 1. The summed E-state index contributed by atoms with van der Waals surface area (Å²) in [5, 5.41) is 0. The van der Waals surface area contributed by atoms with Crippen molar-refractivity contribution < 1.29 is 14.2 Å². The second kappa shape index (κ2) is 9.25. The number of hydrogen-bond acceptors (Lipinski definition) is 5. The van der Waals surface area contributed by atoms with E-state index in [4.69, 9.17) is 14.2 Å². The molecular weight excluding hydrogens is 304 g/mol. The molecule has 5 nitrogen and oxygen atoms in total. The van der Waals surface area contributed by atoms with Gasteiger partial charge in [0.15, 0.2) is 11.5 Å². The Balaban J connectivity index is 1.83. The van der Waals surface area contributed by atoms with E-state index in [1.54, 1.807) is 0 Å². The minimum absolute atomic E-state index is 0.0877. The van der Waals surface area contributed by atoms with Crippen molar-refractivity contribution in [3.05, 3.63) is 24.3 Å². The maximum absolute atomic E-state index is 6.06. The predicted octanol–water partition coefficient (Wildman–Crippen LogP) is 2.36. The van der Waals surface area contributed by atoms with Crippen molar-refractivity contribution in [2.45, 2.75) is 13.8 Å². The van der Waals surface area contributed by atoms with Crippen molar-refractivity contribution in [3.8, 4) is 11.5 Å². The van der Waals surface area contributed by atoms with Crippen LogP contribution < -0.4 is 9.47 Å². The van der Waals surface area contributed by atoms with Crippen LogP contribution in [-0.2, 0) is 4.74 Å². The fourth-order valence-electron chi connectivity index (χ4n) is 2.97. The zero-order valence-electron chi connectivity index (χ0n) is 15.6. The number of benzene rings is 1. The molecule has 0 bridgehead atoms. The van der Waals surface area contributed by atoms with Crippen LogP contribution in [0.25, 0.3) is 0 Å². The Labute approximate surface area is 146 Å². The Bertz CT molecular complexity index is 485. The zero-order valence-corrected chi connectivity index (χ0v) is 15.6. The maximum Gasteiger partial charge on any atom is 0.161 e. The number of rotatable bonds is 9. The van der Waals surface area contributed by atoms with Crippen LogP contribution in [0.2, 0.25) is 0 Å². The van der Waals surface area contributed by atoms with E-state index in [0.29, 0.717) is 13.2 Å². The first-order valence-corrected chi connectivity index (χ1v) is 8.76. The molecule has 0 aromatic heterocycles.